The molecule has 0 radical (unpaired) electrons. The summed E-state index contributed by atoms with van der Waals surface area (Å²) < 4.78 is 0.677. The van der Waals surface area contributed by atoms with Gasteiger partial charge in [0, 0.05) is 0 Å². The molecule has 0 saturated heterocycles. The van der Waals surface area contributed by atoms with Crippen LogP contribution in [0.5, 0.6) is 0 Å². The summed E-state index contributed by atoms with van der Waals surface area (Å²) in [5.74, 6) is 0. The van der Waals surface area contributed by atoms with Crippen LogP contribution in [0.25, 0.3) is 0 Å². The molecule has 0 aromatic carbocycles. The van der Waals surface area contributed by atoms with Gasteiger partial charge in [-0.2, -0.15) is 5.26 Å². The Morgan fingerprint density at radius 1 is 1.60 bits per heavy atom. The van der Waals surface area contributed by atoms with Crippen LogP contribution in [0.4, 0.5) is 5.69 Å². The molecule has 0 amide bonds. The van der Waals surface area contributed by atoms with Crippen molar-refractivity contribution in [3.63, 3.8) is 0 Å². The predicted molar refractivity (Wildman–Crippen MR) is 46.1 cm³/mol. The van der Waals surface area contributed by atoms with E-state index in [9.17, 15) is 0 Å². The number of hydrogen-bond donors (Lipinski definition) is 1. The molecule has 3 nitrogen and oxygen atoms in total. The number of hydrogen-bond acceptors (Lipinski definition) is 3. The van der Waals surface area contributed by atoms with Crippen molar-refractivity contribution < 1.29 is 0 Å². The minimum Gasteiger partial charge on any atom is -0.397 e. The zero-order valence-corrected chi connectivity index (χ0v) is 7.16. The highest BCUT2D eigenvalue weighted by molar-refractivity contribution is 14.1. The number of nitrogens with zero attached hydrogens (tertiary/aromatic N) is 2. The molecule has 1 rings (SSSR count). The number of rotatable bonds is 0. The third kappa shape index (κ3) is 1.36. The van der Waals surface area contributed by atoms with Gasteiger partial charge in [-0.25, -0.2) is 4.98 Å². The number of nitriles is 1. The summed E-state index contributed by atoms with van der Waals surface area (Å²) in [7, 11) is 0. The van der Waals surface area contributed by atoms with Gasteiger partial charge in [0.25, 0.3) is 0 Å². The summed E-state index contributed by atoms with van der Waals surface area (Å²) in [5.41, 5.74) is 6.48. The van der Waals surface area contributed by atoms with E-state index in [1.807, 2.05) is 28.7 Å². The van der Waals surface area contributed by atoms with Crippen molar-refractivity contribution >= 4 is 28.3 Å². The van der Waals surface area contributed by atoms with Gasteiger partial charge in [-0.15, -0.1) is 0 Å². The fourth-order valence-electron chi connectivity index (χ4n) is 0.507. The van der Waals surface area contributed by atoms with Gasteiger partial charge in [0.1, 0.15) is 15.5 Å². The summed E-state index contributed by atoms with van der Waals surface area (Å²) >= 11 is 1.99. The van der Waals surface area contributed by atoms with E-state index >= 15 is 0 Å². The second kappa shape index (κ2) is 2.84. The highest BCUT2D eigenvalue weighted by Gasteiger charge is 1.96. The first-order valence-electron chi connectivity index (χ1n) is 2.56. The van der Waals surface area contributed by atoms with E-state index in [4.69, 9.17) is 11.0 Å². The smallest absolute Gasteiger partial charge is 0.141 e. The standard InChI is InChI=1S/C6H4IN3/c7-6-5(9)2-1-4(3-8)10-6/h1-2H,9H2. The first-order chi connectivity index (χ1) is 4.74. The molecule has 1 aromatic rings. The fraction of sp³-hybridized carbons (Fsp3) is 0. The molecule has 50 valence electrons. The molecule has 0 aliphatic heterocycles. The second-order valence-electron chi connectivity index (χ2n) is 1.69. The van der Waals surface area contributed by atoms with Crippen LogP contribution in [0, 0.1) is 15.0 Å². The lowest BCUT2D eigenvalue weighted by molar-refractivity contribution is 1.22. The van der Waals surface area contributed by atoms with Gasteiger partial charge in [0.15, 0.2) is 0 Å². The maximum absolute atomic E-state index is 8.40. The quantitative estimate of drug-likeness (QED) is 0.550. The minimum atomic E-state index is 0.401. The lowest BCUT2D eigenvalue weighted by atomic mass is 10.3. The van der Waals surface area contributed by atoms with E-state index in [0.717, 1.165) is 0 Å². The van der Waals surface area contributed by atoms with Crippen LogP contribution in [-0.2, 0) is 0 Å². The Bertz CT molecular complexity index is 290. The van der Waals surface area contributed by atoms with E-state index in [1.54, 1.807) is 12.1 Å². The maximum Gasteiger partial charge on any atom is 0.141 e. The van der Waals surface area contributed by atoms with Gasteiger partial charge >= 0.3 is 0 Å². The highest BCUT2D eigenvalue weighted by Crippen LogP contribution is 2.10. The summed E-state index contributed by atoms with van der Waals surface area (Å²) in [6.07, 6.45) is 0. The number of aromatic nitrogens is 1. The molecule has 1 aromatic heterocycles. The number of anilines is 1. The van der Waals surface area contributed by atoms with E-state index in [2.05, 4.69) is 4.98 Å². The Labute approximate surface area is 72.0 Å². The molecule has 0 atom stereocenters. The zero-order valence-electron chi connectivity index (χ0n) is 5.00. The first-order valence-corrected chi connectivity index (χ1v) is 3.64. The average molecular weight is 245 g/mol. The number of nitrogens with two attached hydrogens (primary N) is 1. The predicted octanol–water partition coefficient (Wildman–Crippen LogP) is 1.14. The molecule has 0 unspecified atom stereocenters. The van der Waals surface area contributed by atoms with E-state index in [0.29, 0.717) is 15.1 Å². The van der Waals surface area contributed by atoms with Crippen LogP contribution < -0.4 is 5.73 Å². The Hall–Kier alpha value is -0.830. The number of pyridine rings is 1. The molecule has 0 aliphatic rings. The molecule has 0 saturated carbocycles. The van der Waals surface area contributed by atoms with Crippen molar-refractivity contribution in [1.29, 1.82) is 5.26 Å². The third-order valence-electron chi connectivity index (χ3n) is 0.992. The summed E-state index contributed by atoms with van der Waals surface area (Å²) in [6, 6.07) is 5.19. The molecule has 0 bridgehead atoms. The molecule has 0 spiro atoms. The van der Waals surface area contributed by atoms with E-state index in [1.165, 1.54) is 0 Å². The van der Waals surface area contributed by atoms with Crippen molar-refractivity contribution in [2.24, 2.45) is 0 Å². The van der Waals surface area contributed by atoms with Crippen molar-refractivity contribution in [1.82, 2.24) is 4.98 Å². The molecular weight excluding hydrogens is 241 g/mol. The number of nitrogen functional groups attached to an aromatic ring is 1. The molecule has 1 heterocycles. The summed E-state index contributed by atoms with van der Waals surface area (Å²) in [4.78, 5) is 3.89. The molecule has 2 N–H and O–H groups in total. The van der Waals surface area contributed by atoms with Crippen LogP contribution >= 0.6 is 22.6 Å². The van der Waals surface area contributed by atoms with Gasteiger partial charge in [0.05, 0.1) is 5.69 Å². The Kier molecular flexibility index (Phi) is 2.06. The lowest BCUT2D eigenvalue weighted by Gasteiger charge is -1.94. The van der Waals surface area contributed by atoms with E-state index in [-0.39, 0.29) is 0 Å². The van der Waals surface area contributed by atoms with E-state index < -0.39 is 0 Å². The van der Waals surface area contributed by atoms with Gasteiger partial charge in [-0.05, 0) is 34.7 Å². The monoisotopic (exact) mass is 245 g/mol. The van der Waals surface area contributed by atoms with Crippen LogP contribution in [0.15, 0.2) is 12.1 Å². The van der Waals surface area contributed by atoms with Crippen LogP contribution in [-0.4, -0.2) is 4.98 Å². The van der Waals surface area contributed by atoms with Gasteiger partial charge < -0.3 is 5.73 Å². The average Bonchev–Trinajstić information content (AvgIpc) is 1.95. The van der Waals surface area contributed by atoms with Crippen molar-refractivity contribution in [2.45, 2.75) is 0 Å². The first kappa shape index (κ1) is 7.28. The Balaban J connectivity index is 3.20. The Morgan fingerprint density at radius 2 is 2.30 bits per heavy atom. The zero-order chi connectivity index (χ0) is 7.56. The lowest BCUT2D eigenvalue weighted by Crippen LogP contribution is -1.93. The van der Waals surface area contributed by atoms with Crippen molar-refractivity contribution in [3.05, 3.63) is 21.5 Å². The summed E-state index contributed by atoms with van der Waals surface area (Å²) in [5, 5.41) is 8.40. The van der Waals surface area contributed by atoms with Gasteiger partial charge in [-0.3, -0.25) is 0 Å². The Morgan fingerprint density at radius 3 is 2.80 bits per heavy atom. The normalized spacial score (nSPS) is 8.80. The molecule has 10 heavy (non-hydrogen) atoms. The van der Waals surface area contributed by atoms with Gasteiger partial charge in [0.2, 0.25) is 0 Å². The highest BCUT2D eigenvalue weighted by atomic mass is 127. The van der Waals surface area contributed by atoms with Gasteiger partial charge in [-0.1, -0.05) is 0 Å². The fourth-order valence-corrected chi connectivity index (χ4v) is 0.947. The van der Waals surface area contributed by atoms with Crippen molar-refractivity contribution in [3.8, 4) is 6.07 Å². The maximum atomic E-state index is 8.40. The summed E-state index contributed by atoms with van der Waals surface area (Å²) in [6.45, 7) is 0. The topological polar surface area (TPSA) is 62.7 Å². The van der Waals surface area contributed by atoms with Crippen molar-refractivity contribution in [2.75, 3.05) is 5.73 Å². The van der Waals surface area contributed by atoms with Crippen LogP contribution in [0.3, 0.4) is 0 Å². The molecule has 4 heteroatoms. The van der Waals surface area contributed by atoms with Crippen LogP contribution in [0.1, 0.15) is 5.69 Å². The van der Waals surface area contributed by atoms with Crippen LogP contribution in [0.2, 0.25) is 0 Å². The SMILES string of the molecule is N#Cc1ccc(N)c(I)n1. The molecule has 0 fully saturated rings. The second-order valence-corrected chi connectivity index (χ2v) is 2.71. The molecular formula is C6H4IN3. The largest absolute Gasteiger partial charge is 0.397 e. The third-order valence-corrected chi connectivity index (χ3v) is 1.86. The minimum absolute atomic E-state index is 0.401. The number of halogens is 1. The molecule has 0 aliphatic carbocycles.